The highest BCUT2D eigenvalue weighted by molar-refractivity contribution is 9.10. The monoisotopic (exact) mass is 360 g/mol. The standard InChI is InChI=1S/C15H13BrN4O2/c1-22-14-6-5-13-18-12(9-20(13)19-14)15(21)17-8-10-3-2-4-11(16)7-10/h2-7,9H,8H2,1H3,(H,17,21). The Kier molecular flexibility index (Phi) is 4.06. The SMILES string of the molecule is COc1ccc2nc(C(=O)NCc3cccc(Br)c3)cn2n1. The summed E-state index contributed by atoms with van der Waals surface area (Å²) in [6, 6.07) is 11.2. The number of carbonyl (C=O) groups is 1. The van der Waals surface area contributed by atoms with Gasteiger partial charge in [-0.3, -0.25) is 4.79 Å². The normalized spacial score (nSPS) is 10.6. The van der Waals surface area contributed by atoms with Crippen molar-refractivity contribution in [3.63, 3.8) is 0 Å². The molecule has 1 N–H and O–H groups in total. The summed E-state index contributed by atoms with van der Waals surface area (Å²) in [6.07, 6.45) is 1.58. The predicted octanol–water partition coefficient (Wildman–Crippen LogP) is 2.43. The number of nitrogens with zero attached hydrogens (tertiary/aromatic N) is 3. The quantitative estimate of drug-likeness (QED) is 0.775. The summed E-state index contributed by atoms with van der Waals surface area (Å²) >= 11 is 3.40. The molecule has 0 aliphatic heterocycles. The van der Waals surface area contributed by atoms with E-state index in [0.717, 1.165) is 10.0 Å². The van der Waals surface area contributed by atoms with Crippen molar-refractivity contribution in [2.24, 2.45) is 0 Å². The molecule has 6 nitrogen and oxygen atoms in total. The fourth-order valence-corrected chi connectivity index (χ4v) is 2.45. The van der Waals surface area contributed by atoms with E-state index < -0.39 is 0 Å². The van der Waals surface area contributed by atoms with Gasteiger partial charge in [-0.2, -0.15) is 0 Å². The second kappa shape index (κ2) is 6.15. The van der Waals surface area contributed by atoms with Crippen LogP contribution in [0.2, 0.25) is 0 Å². The molecular formula is C15H13BrN4O2. The van der Waals surface area contributed by atoms with Crippen molar-refractivity contribution in [3.05, 3.63) is 58.3 Å². The van der Waals surface area contributed by atoms with E-state index in [9.17, 15) is 4.79 Å². The number of imidazole rings is 1. The summed E-state index contributed by atoms with van der Waals surface area (Å²) in [4.78, 5) is 16.4. The van der Waals surface area contributed by atoms with Crippen LogP contribution in [0.25, 0.3) is 5.65 Å². The molecule has 0 aliphatic rings. The van der Waals surface area contributed by atoms with Gasteiger partial charge in [-0.1, -0.05) is 28.1 Å². The number of hydrogen-bond donors (Lipinski definition) is 1. The molecule has 1 aromatic carbocycles. The van der Waals surface area contributed by atoms with Crippen LogP contribution in [0.15, 0.2) is 47.1 Å². The Morgan fingerprint density at radius 3 is 3.00 bits per heavy atom. The minimum absolute atomic E-state index is 0.246. The van der Waals surface area contributed by atoms with E-state index in [4.69, 9.17) is 4.74 Å². The topological polar surface area (TPSA) is 68.5 Å². The number of fused-ring (bicyclic) bond motifs is 1. The van der Waals surface area contributed by atoms with Gasteiger partial charge < -0.3 is 10.1 Å². The first-order valence-electron chi connectivity index (χ1n) is 6.59. The molecule has 2 aromatic heterocycles. The third-order valence-electron chi connectivity index (χ3n) is 3.08. The Labute approximate surface area is 135 Å². The van der Waals surface area contributed by atoms with E-state index in [-0.39, 0.29) is 5.91 Å². The first kappa shape index (κ1) is 14.5. The van der Waals surface area contributed by atoms with Crippen LogP contribution in [0.5, 0.6) is 5.88 Å². The van der Waals surface area contributed by atoms with Gasteiger partial charge in [0.2, 0.25) is 5.88 Å². The summed E-state index contributed by atoms with van der Waals surface area (Å²) in [7, 11) is 1.54. The summed E-state index contributed by atoms with van der Waals surface area (Å²) in [5.74, 6) is 0.218. The van der Waals surface area contributed by atoms with Gasteiger partial charge in [-0.25, -0.2) is 9.50 Å². The largest absolute Gasteiger partial charge is 0.480 e. The van der Waals surface area contributed by atoms with E-state index in [1.807, 2.05) is 24.3 Å². The molecular weight excluding hydrogens is 348 g/mol. The fraction of sp³-hybridized carbons (Fsp3) is 0.133. The van der Waals surface area contributed by atoms with Gasteiger partial charge in [0.25, 0.3) is 5.91 Å². The molecule has 22 heavy (non-hydrogen) atoms. The van der Waals surface area contributed by atoms with Gasteiger partial charge in [0.05, 0.1) is 13.3 Å². The number of hydrogen-bond acceptors (Lipinski definition) is 4. The predicted molar refractivity (Wildman–Crippen MR) is 84.9 cm³/mol. The van der Waals surface area contributed by atoms with Crippen LogP contribution in [0.4, 0.5) is 0 Å². The van der Waals surface area contributed by atoms with Crippen molar-refractivity contribution in [1.29, 1.82) is 0 Å². The molecule has 3 rings (SSSR count). The van der Waals surface area contributed by atoms with Crippen LogP contribution in [0.3, 0.4) is 0 Å². The number of carbonyl (C=O) groups excluding carboxylic acids is 1. The molecule has 0 aliphatic carbocycles. The number of nitrogens with one attached hydrogen (secondary N) is 1. The minimum atomic E-state index is -0.246. The first-order chi connectivity index (χ1) is 10.7. The second-order valence-corrected chi connectivity index (χ2v) is 5.53. The molecule has 0 saturated carbocycles. The van der Waals surface area contributed by atoms with Crippen LogP contribution < -0.4 is 10.1 Å². The lowest BCUT2D eigenvalue weighted by molar-refractivity contribution is 0.0946. The lowest BCUT2D eigenvalue weighted by Crippen LogP contribution is -2.23. The number of methoxy groups -OCH3 is 1. The van der Waals surface area contributed by atoms with E-state index in [1.54, 1.807) is 18.3 Å². The highest BCUT2D eigenvalue weighted by atomic mass is 79.9. The van der Waals surface area contributed by atoms with Gasteiger partial charge in [0.1, 0.15) is 5.69 Å². The molecule has 0 saturated heterocycles. The van der Waals surface area contributed by atoms with E-state index >= 15 is 0 Å². The summed E-state index contributed by atoms with van der Waals surface area (Å²) in [6.45, 7) is 0.433. The smallest absolute Gasteiger partial charge is 0.271 e. The van der Waals surface area contributed by atoms with Crippen LogP contribution in [0, 0.1) is 0 Å². The first-order valence-corrected chi connectivity index (χ1v) is 7.38. The zero-order valence-corrected chi connectivity index (χ0v) is 13.4. The van der Waals surface area contributed by atoms with Crippen LogP contribution in [0.1, 0.15) is 16.1 Å². The molecule has 3 aromatic rings. The van der Waals surface area contributed by atoms with Crippen molar-refractivity contribution in [2.45, 2.75) is 6.54 Å². The minimum Gasteiger partial charge on any atom is -0.480 e. The van der Waals surface area contributed by atoms with Crippen molar-refractivity contribution >= 4 is 27.5 Å². The molecule has 0 unspecified atom stereocenters. The molecule has 0 radical (unpaired) electrons. The molecule has 0 fully saturated rings. The van der Waals surface area contributed by atoms with E-state index in [2.05, 4.69) is 31.3 Å². The third-order valence-corrected chi connectivity index (χ3v) is 3.57. The Hall–Kier alpha value is -2.41. The van der Waals surface area contributed by atoms with Gasteiger partial charge in [-0.15, -0.1) is 5.10 Å². The van der Waals surface area contributed by atoms with Crippen molar-refractivity contribution in [2.75, 3.05) is 7.11 Å². The summed E-state index contributed by atoms with van der Waals surface area (Å²) in [5.41, 5.74) is 1.91. The Morgan fingerprint density at radius 1 is 1.36 bits per heavy atom. The number of amides is 1. The van der Waals surface area contributed by atoms with Crippen LogP contribution >= 0.6 is 15.9 Å². The lowest BCUT2D eigenvalue weighted by Gasteiger charge is -2.03. The molecule has 2 heterocycles. The number of aromatic nitrogens is 3. The number of halogens is 1. The molecule has 1 amide bonds. The van der Waals surface area contributed by atoms with E-state index in [0.29, 0.717) is 23.8 Å². The Balaban J connectivity index is 1.74. The Morgan fingerprint density at radius 2 is 2.23 bits per heavy atom. The highest BCUT2D eigenvalue weighted by Crippen LogP contribution is 2.12. The average Bonchev–Trinajstić information content (AvgIpc) is 2.95. The van der Waals surface area contributed by atoms with E-state index in [1.165, 1.54) is 11.6 Å². The maximum Gasteiger partial charge on any atom is 0.271 e. The third kappa shape index (κ3) is 3.09. The van der Waals surface area contributed by atoms with Gasteiger partial charge in [0, 0.05) is 17.1 Å². The maximum atomic E-state index is 12.2. The molecule has 7 heteroatoms. The van der Waals surface area contributed by atoms with Gasteiger partial charge in [-0.05, 0) is 23.8 Å². The molecule has 0 bridgehead atoms. The Bertz CT molecular complexity index is 831. The van der Waals surface area contributed by atoms with Gasteiger partial charge in [0.15, 0.2) is 5.65 Å². The molecule has 0 spiro atoms. The number of benzene rings is 1. The van der Waals surface area contributed by atoms with Gasteiger partial charge >= 0.3 is 0 Å². The second-order valence-electron chi connectivity index (χ2n) is 4.62. The zero-order valence-electron chi connectivity index (χ0n) is 11.8. The molecule has 112 valence electrons. The van der Waals surface area contributed by atoms with Crippen molar-refractivity contribution < 1.29 is 9.53 Å². The summed E-state index contributed by atoms with van der Waals surface area (Å²) < 4.78 is 7.54. The van der Waals surface area contributed by atoms with Crippen LogP contribution in [-0.4, -0.2) is 27.6 Å². The summed E-state index contributed by atoms with van der Waals surface area (Å²) in [5, 5.41) is 7.01. The maximum absolute atomic E-state index is 12.2. The number of ether oxygens (including phenoxy) is 1. The lowest BCUT2D eigenvalue weighted by atomic mass is 10.2. The fourth-order valence-electron chi connectivity index (χ4n) is 2.00. The molecule has 0 atom stereocenters. The highest BCUT2D eigenvalue weighted by Gasteiger charge is 2.11. The zero-order chi connectivity index (χ0) is 15.5. The number of rotatable bonds is 4. The van der Waals surface area contributed by atoms with Crippen molar-refractivity contribution in [1.82, 2.24) is 19.9 Å². The van der Waals surface area contributed by atoms with Crippen molar-refractivity contribution in [3.8, 4) is 5.88 Å². The average molecular weight is 361 g/mol. The van der Waals surface area contributed by atoms with Crippen LogP contribution in [-0.2, 0) is 6.54 Å².